The lowest BCUT2D eigenvalue weighted by atomic mass is 9.96. The first-order valence-corrected chi connectivity index (χ1v) is 10.1. The van der Waals surface area contributed by atoms with Crippen molar-refractivity contribution in [1.82, 2.24) is 10.3 Å². The minimum absolute atomic E-state index is 0.508. The Labute approximate surface area is 157 Å². The molecule has 5 heteroatoms. The number of nitrogens with one attached hydrogen (secondary N) is 2. The summed E-state index contributed by atoms with van der Waals surface area (Å²) < 4.78 is 0. The van der Waals surface area contributed by atoms with Gasteiger partial charge >= 0.3 is 0 Å². The van der Waals surface area contributed by atoms with E-state index in [0.29, 0.717) is 11.2 Å². The predicted molar refractivity (Wildman–Crippen MR) is 111 cm³/mol. The lowest BCUT2D eigenvalue weighted by molar-refractivity contribution is 0.415. The monoisotopic (exact) mass is 367 g/mol. The van der Waals surface area contributed by atoms with Gasteiger partial charge in [0.25, 0.3) is 0 Å². The van der Waals surface area contributed by atoms with Gasteiger partial charge in [-0.2, -0.15) is 0 Å². The molecule has 128 valence electrons. The van der Waals surface area contributed by atoms with E-state index >= 15 is 0 Å². The van der Waals surface area contributed by atoms with Crippen LogP contribution in [0.15, 0.2) is 47.8 Å². The molecule has 1 aliphatic rings. The molecule has 3 nitrogen and oxygen atoms in total. The molecular formula is C20H21N3S2. The maximum Gasteiger partial charge on any atom is 0.189 e. The molecule has 0 atom stereocenters. The average molecular weight is 368 g/mol. The quantitative estimate of drug-likeness (QED) is 0.592. The van der Waals surface area contributed by atoms with Crippen LogP contribution < -0.4 is 10.6 Å². The van der Waals surface area contributed by atoms with Gasteiger partial charge in [0, 0.05) is 17.0 Å². The molecule has 2 aromatic carbocycles. The summed E-state index contributed by atoms with van der Waals surface area (Å²) >= 11 is 7.04. The fraction of sp³-hybridized carbons (Fsp3) is 0.300. The Morgan fingerprint density at radius 2 is 1.84 bits per heavy atom. The molecule has 1 heterocycles. The zero-order valence-corrected chi connectivity index (χ0v) is 15.6. The summed E-state index contributed by atoms with van der Waals surface area (Å²) in [4.78, 5) is 4.70. The maximum atomic E-state index is 5.45. The minimum Gasteiger partial charge on any atom is -0.360 e. The van der Waals surface area contributed by atoms with E-state index in [0.717, 1.165) is 16.4 Å². The number of anilines is 1. The predicted octanol–water partition coefficient (Wildman–Crippen LogP) is 5.58. The van der Waals surface area contributed by atoms with Gasteiger partial charge in [-0.25, -0.2) is 4.98 Å². The third-order valence-corrected chi connectivity index (χ3v) is 5.69. The normalized spacial score (nSPS) is 15.2. The van der Waals surface area contributed by atoms with Crippen LogP contribution in [0.2, 0.25) is 0 Å². The molecule has 0 amide bonds. The van der Waals surface area contributed by atoms with Crippen molar-refractivity contribution in [3.05, 3.63) is 47.8 Å². The highest BCUT2D eigenvalue weighted by atomic mass is 32.1. The molecule has 1 saturated carbocycles. The first-order chi connectivity index (χ1) is 12.3. The third kappa shape index (κ3) is 3.99. The Hall–Kier alpha value is -1.98. The van der Waals surface area contributed by atoms with Crippen molar-refractivity contribution in [2.75, 3.05) is 5.32 Å². The lowest BCUT2D eigenvalue weighted by Crippen LogP contribution is -2.38. The van der Waals surface area contributed by atoms with Crippen molar-refractivity contribution in [2.45, 2.75) is 38.1 Å². The molecular weight excluding hydrogens is 346 g/mol. The molecule has 1 aliphatic carbocycles. The summed E-state index contributed by atoms with van der Waals surface area (Å²) in [6.07, 6.45) is 6.36. The van der Waals surface area contributed by atoms with Crippen LogP contribution in [0.5, 0.6) is 0 Å². The number of thiazole rings is 1. The SMILES string of the molecule is S=C(Nc1nc(-c2ccc3ccccc3c2)cs1)NC1CCCCC1. The molecule has 0 saturated heterocycles. The van der Waals surface area contributed by atoms with E-state index in [4.69, 9.17) is 17.2 Å². The molecule has 25 heavy (non-hydrogen) atoms. The molecule has 0 bridgehead atoms. The van der Waals surface area contributed by atoms with E-state index in [2.05, 4.69) is 58.5 Å². The number of rotatable bonds is 3. The van der Waals surface area contributed by atoms with Crippen LogP contribution in [0.25, 0.3) is 22.0 Å². The summed E-state index contributed by atoms with van der Waals surface area (Å²) in [7, 11) is 0. The fourth-order valence-electron chi connectivity index (χ4n) is 3.38. The van der Waals surface area contributed by atoms with Gasteiger partial charge in [-0.15, -0.1) is 11.3 Å². The molecule has 0 unspecified atom stereocenters. The van der Waals surface area contributed by atoms with Gasteiger partial charge in [-0.1, -0.05) is 55.7 Å². The second-order valence-electron chi connectivity index (χ2n) is 6.53. The molecule has 0 spiro atoms. The van der Waals surface area contributed by atoms with Gasteiger partial charge in [-0.05, 0) is 41.9 Å². The highest BCUT2D eigenvalue weighted by Gasteiger charge is 2.14. The molecule has 1 aromatic heterocycles. The number of hydrogen-bond donors (Lipinski definition) is 2. The van der Waals surface area contributed by atoms with Crippen LogP contribution in [0.4, 0.5) is 5.13 Å². The second kappa shape index (κ2) is 7.50. The molecule has 2 N–H and O–H groups in total. The molecule has 3 aromatic rings. The maximum absolute atomic E-state index is 5.45. The lowest BCUT2D eigenvalue weighted by Gasteiger charge is -2.23. The Bertz CT molecular complexity index is 881. The number of nitrogens with zero attached hydrogens (tertiary/aromatic N) is 1. The van der Waals surface area contributed by atoms with Crippen LogP contribution in [0.3, 0.4) is 0 Å². The van der Waals surface area contributed by atoms with Crippen molar-refractivity contribution >= 4 is 44.6 Å². The Morgan fingerprint density at radius 1 is 1.04 bits per heavy atom. The van der Waals surface area contributed by atoms with Crippen molar-refractivity contribution in [3.63, 3.8) is 0 Å². The summed E-state index contributed by atoms with van der Waals surface area (Å²) in [6.45, 7) is 0. The second-order valence-corrected chi connectivity index (χ2v) is 7.80. The smallest absolute Gasteiger partial charge is 0.189 e. The average Bonchev–Trinajstić information content (AvgIpc) is 3.10. The molecule has 4 rings (SSSR count). The third-order valence-electron chi connectivity index (χ3n) is 4.71. The van der Waals surface area contributed by atoms with Crippen molar-refractivity contribution in [1.29, 1.82) is 0 Å². The first kappa shape index (κ1) is 16.5. The Balaban J connectivity index is 1.44. The minimum atomic E-state index is 0.508. The van der Waals surface area contributed by atoms with E-state index in [-0.39, 0.29) is 0 Å². The van der Waals surface area contributed by atoms with Gasteiger partial charge in [0.15, 0.2) is 10.2 Å². The van der Waals surface area contributed by atoms with Crippen LogP contribution in [-0.4, -0.2) is 16.1 Å². The van der Waals surface area contributed by atoms with Crippen LogP contribution >= 0.6 is 23.6 Å². The molecule has 1 fully saturated rings. The van der Waals surface area contributed by atoms with Crippen molar-refractivity contribution in [3.8, 4) is 11.3 Å². The molecule has 0 radical (unpaired) electrons. The standard InChI is InChI=1S/C20H21N3S2/c24-19(21-17-8-2-1-3-9-17)23-20-22-18(13-25-20)16-11-10-14-6-4-5-7-15(14)12-16/h4-7,10-13,17H,1-3,8-9H2,(H2,21,22,23,24). The largest absolute Gasteiger partial charge is 0.360 e. The fourth-order valence-corrected chi connectivity index (χ4v) is 4.43. The van der Waals surface area contributed by atoms with Crippen LogP contribution in [0.1, 0.15) is 32.1 Å². The number of aromatic nitrogens is 1. The van der Waals surface area contributed by atoms with Gasteiger partial charge in [-0.3, -0.25) is 0 Å². The van der Waals surface area contributed by atoms with E-state index in [1.807, 2.05) is 0 Å². The van der Waals surface area contributed by atoms with Gasteiger partial charge in [0.2, 0.25) is 0 Å². The van der Waals surface area contributed by atoms with Crippen LogP contribution in [0, 0.1) is 0 Å². The zero-order valence-electron chi connectivity index (χ0n) is 14.0. The highest BCUT2D eigenvalue weighted by Crippen LogP contribution is 2.28. The number of fused-ring (bicyclic) bond motifs is 1. The Kier molecular flexibility index (Phi) is 4.95. The zero-order chi connectivity index (χ0) is 17.1. The van der Waals surface area contributed by atoms with E-state index in [1.165, 1.54) is 42.9 Å². The summed E-state index contributed by atoms with van der Waals surface area (Å²) in [5, 5.41) is 12.8. The summed E-state index contributed by atoms with van der Waals surface area (Å²) in [6, 6.07) is 15.4. The number of hydrogen-bond acceptors (Lipinski definition) is 3. The molecule has 0 aliphatic heterocycles. The van der Waals surface area contributed by atoms with Gasteiger partial charge in [0.1, 0.15) is 0 Å². The van der Waals surface area contributed by atoms with E-state index < -0.39 is 0 Å². The van der Waals surface area contributed by atoms with Crippen LogP contribution in [-0.2, 0) is 0 Å². The topological polar surface area (TPSA) is 37.0 Å². The summed E-state index contributed by atoms with van der Waals surface area (Å²) in [5.74, 6) is 0. The number of thiocarbonyl (C=S) groups is 1. The van der Waals surface area contributed by atoms with Gasteiger partial charge in [0.05, 0.1) is 5.69 Å². The highest BCUT2D eigenvalue weighted by molar-refractivity contribution is 7.80. The summed E-state index contributed by atoms with van der Waals surface area (Å²) in [5.41, 5.74) is 2.12. The Morgan fingerprint density at radius 3 is 2.68 bits per heavy atom. The van der Waals surface area contributed by atoms with E-state index in [1.54, 1.807) is 11.3 Å². The first-order valence-electron chi connectivity index (χ1n) is 8.80. The van der Waals surface area contributed by atoms with E-state index in [9.17, 15) is 0 Å². The number of benzene rings is 2. The van der Waals surface area contributed by atoms with Crippen molar-refractivity contribution in [2.24, 2.45) is 0 Å². The van der Waals surface area contributed by atoms with Gasteiger partial charge < -0.3 is 10.6 Å². The van der Waals surface area contributed by atoms with Crippen molar-refractivity contribution < 1.29 is 0 Å².